The Labute approximate surface area is 131 Å². The van der Waals surface area contributed by atoms with E-state index in [0.29, 0.717) is 5.92 Å². The number of nitrogens with zero attached hydrogens (tertiary/aromatic N) is 2. The topological polar surface area (TPSA) is 58.9 Å². The SMILES string of the molecule is CCc1cc(CC2CCC(N=C=O)CC2)cc(C)c1N=C=O. The second-order valence-corrected chi connectivity index (χ2v) is 6.08. The zero-order valence-corrected chi connectivity index (χ0v) is 13.3. The average molecular weight is 298 g/mol. The van der Waals surface area contributed by atoms with Gasteiger partial charge in [-0.1, -0.05) is 19.1 Å². The first-order valence-corrected chi connectivity index (χ1v) is 7.95. The summed E-state index contributed by atoms with van der Waals surface area (Å²) in [5.74, 6) is 0.641. The summed E-state index contributed by atoms with van der Waals surface area (Å²) in [6.07, 6.45) is 9.38. The number of aryl methyl sites for hydroxylation is 2. The minimum Gasteiger partial charge on any atom is -0.211 e. The molecule has 1 saturated carbocycles. The first-order valence-electron chi connectivity index (χ1n) is 7.95. The predicted molar refractivity (Wildman–Crippen MR) is 85.9 cm³/mol. The van der Waals surface area contributed by atoms with Crippen LogP contribution in [0.25, 0.3) is 0 Å². The Balaban J connectivity index is 2.09. The van der Waals surface area contributed by atoms with Crippen molar-refractivity contribution in [3.8, 4) is 0 Å². The predicted octanol–water partition coefficient (Wildman–Crippen LogP) is 3.96. The second-order valence-electron chi connectivity index (χ2n) is 6.08. The van der Waals surface area contributed by atoms with Crippen molar-refractivity contribution in [3.63, 3.8) is 0 Å². The first kappa shape index (κ1) is 16.4. The lowest BCUT2D eigenvalue weighted by atomic mass is 9.82. The molecule has 0 radical (unpaired) electrons. The van der Waals surface area contributed by atoms with Gasteiger partial charge in [0.15, 0.2) is 0 Å². The van der Waals surface area contributed by atoms with E-state index in [1.165, 1.54) is 5.56 Å². The molecule has 1 aliphatic rings. The number of hydrogen-bond acceptors (Lipinski definition) is 4. The molecule has 0 bridgehead atoms. The molecule has 116 valence electrons. The van der Waals surface area contributed by atoms with Crippen molar-refractivity contribution in [2.45, 2.75) is 58.4 Å². The number of hydrogen-bond donors (Lipinski definition) is 0. The van der Waals surface area contributed by atoms with Gasteiger partial charge in [0, 0.05) is 0 Å². The standard InChI is InChI=1S/C18H22N2O2/c1-3-16-10-15(8-13(2)18(16)20-12-22)9-14-4-6-17(7-5-14)19-11-21/h8,10,14,17H,3-7,9H2,1-2H3. The Morgan fingerprint density at radius 2 is 1.86 bits per heavy atom. The zero-order chi connectivity index (χ0) is 15.9. The van der Waals surface area contributed by atoms with Crippen molar-refractivity contribution in [2.75, 3.05) is 0 Å². The van der Waals surface area contributed by atoms with Gasteiger partial charge in [0.1, 0.15) is 0 Å². The quantitative estimate of drug-likeness (QED) is 0.610. The molecule has 0 aromatic heterocycles. The maximum absolute atomic E-state index is 10.6. The van der Waals surface area contributed by atoms with Crippen molar-refractivity contribution in [1.29, 1.82) is 0 Å². The molecule has 1 aromatic rings. The molecule has 22 heavy (non-hydrogen) atoms. The van der Waals surface area contributed by atoms with Crippen LogP contribution in [0.15, 0.2) is 22.1 Å². The highest BCUT2D eigenvalue weighted by Crippen LogP contribution is 2.31. The van der Waals surface area contributed by atoms with E-state index in [4.69, 9.17) is 0 Å². The Morgan fingerprint density at radius 1 is 1.14 bits per heavy atom. The highest BCUT2D eigenvalue weighted by Gasteiger charge is 2.21. The van der Waals surface area contributed by atoms with Crippen molar-refractivity contribution < 1.29 is 9.59 Å². The zero-order valence-electron chi connectivity index (χ0n) is 13.3. The molecular weight excluding hydrogens is 276 g/mol. The van der Waals surface area contributed by atoms with Gasteiger partial charge in [-0.05, 0) is 68.1 Å². The molecule has 0 unspecified atom stereocenters. The molecule has 0 atom stereocenters. The summed E-state index contributed by atoms with van der Waals surface area (Å²) < 4.78 is 0. The van der Waals surface area contributed by atoms with Gasteiger partial charge in [0.25, 0.3) is 0 Å². The van der Waals surface area contributed by atoms with E-state index in [1.807, 2.05) is 6.92 Å². The molecule has 0 aliphatic heterocycles. The number of isocyanates is 2. The third kappa shape index (κ3) is 4.00. The minimum absolute atomic E-state index is 0.172. The first-order chi connectivity index (χ1) is 10.7. The maximum atomic E-state index is 10.6. The van der Waals surface area contributed by atoms with Gasteiger partial charge >= 0.3 is 0 Å². The van der Waals surface area contributed by atoms with Crippen LogP contribution in [0.4, 0.5) is 5.69 Å². The van der Waals surface area contributed by atoms with E-state index in [9.17, 15) is 9.59 Å². The Hall–Kier alpha value is -2.02. The largest absolute Gasteiger partial charge is 0.240 e. The van der Waals surface area contributed by atoms with E-state index >= 15 is 0 Å². The monoisotopic (exact) mass is 298 g/mol. The highest BCUT2D eigenvalue weighted by molar-refractivity contribution is 5.59. The van der Waals surface area contributed by atoms with Gasteiger partial charge in [-0.15, -0.1) is 0 Å². The fourth-order valence-electron chi connectivity index (χ4n) is 3.41. The molecule has 1 aliphatic carbocycles. The normalized spacial score (nSPS) is 20.8. The Bertz CT molecular complexity index is 618. The fraction of sp³-hybridized carbons (Fsp3) is 0.556. The van der Waals surface area contributed by atoms with Crippen LogP contribution in [-0.2, 0) is 22.4 Å². The van der Waals surface area contributed by atoms with Crippen LogP contribution < -0.4 is 0 Å². The third-order valence-electron chi connectivity index (χ3n) is 4.55. The molecule has 1 fully saturated rings. The van der Waals surface area contributed by atoms with Crippen LogP contribution in [-0.4, -0.2) is 18.2 Å². The molecule has 2 rings (SSSR count). The van der Waals surface area contributed by atoms with E-state index in [0.717, 1.165) is 55.3 Å². The van der Waals surface area contributed by atoms with Gasteiger partial charge in [-0.3, -0.25) is 0 Å². The van der Waals surface area contributed by atoms with Crippen LogP contribution in [0.3, 0.4) is 0 Å². The van der Waals surface area contributed by atoms with Gasteiger partial charge in [0.05, 0.1) is 11.7 Å². The van der Waals surface area contributed by atoms with E-state index in [2.05, 4.69) is 29.0 Å². The molecule has 0 N–H and O–H groups in total. The van der Waals surface area contributed by atoms with Crippen molar-refractivity contribution in [2.24, 2.45) is 15.9 Å². The van der Waals surface area contributed by atoms with Gasteiger partial charge < -0.3 is 0 Å². The van der Waals surface area contributed by atoms with Crippen molar-refractivity contribution in [3.05, 3.63) is 28.8 Å². The molecule has 0 spiro atoms. The smallest absolute Gasteiger partial charge is 0.211 e. The summed E-state index contributed by atoms with van der Waals surface area (Å²) in [5, 5.41) is 0. The van der Waals surface area contributed by atoms with Gasteiger partial charge in [-0.25, -0.2) is 14.6 Å². The van der Waals surface area contributed by atoms with E-state index in [-0.39, 0.29) is 6.04 Å². The van der Waals surface area contributed by atoms with Crippen LogP contribution in [0.5, 0.6) is 0 Å². The maximum Gasteiger partial charge on any atom is 0.240 e. The Kier molecular flexibility index (Phi) is 5.83. The number of rotatable bonds is 5. The van der Waals surface area contributed by atoms with Crippen LogP contribution in [0.2, 0.25) is 0 Å². The van der Waals surface area contributed by atoms with Crippen molar-refractivity contribution in [1.82, 2.24) is 0 Å². The molecule has 0 heterocycles. The fourth-order valence-corrected chi connectivity index (χ4v) is 3.41. The second kappa shape index (κ2) is 7.84. The summed E-state index contributed by atoms with van der Waals surface area (Å²) in [4.78, 5) is 28.5. The summed E-state index contributed by atoms with van der Waals surface area (Å²) in [6, 6.07) is 4.47. The number of benzene rings is 1. The molecule has 1 aromatic carbocycles. The Morgan fingerprint density at radius 3 is 2.45 bits per heavy atom. The third-order valence-corrected chi connectivity index (χ3v) is 4.55. The average Bonchev–Trinajstić information content (AvgIpc) is 2.52. The lowest BCUT2D eigenvalue weighted by Gasteiger charge is -2.25. The van der Waals surface area contributed by atoms with Crippen LogP contribution in [0.1, 0.15) is 49.3 Å². The van der Waals surface area contributed by atoms with E-state index in [1.54, 1.807) is 12.2 Å². The van der Waals surface area contributed by atoms with Gasteiger partial charge in [0.2, 0.25) is 12.2 Å². The summed E-state index contributed by atoms with van der Waals surface area (Å²) >= 11 is 0. The molecular formula is C18H22N2O2. The minimum atomic E-state index is 0.172. The molecule has 0 saturated heterocycles. The van der Waals surface area contributed by atoms with Crippen LogP contribution in [0, 0.1) is 12.8 Å². The molecule has 0 amide bonds. The van der Waals surface area contributed by atoms with Crippen LogP contribution >= 0.6 is 0 Å². The summed E-state index contributed by atoms with van der Waals surface area (Å²) in [6.45, 7) is 4.07. The lowest BCUT2D eigenvalue weighted by molar-refractivity contribution is 0.325. The molecule has 4 nitrogen and oxygen atoms in total. The summed E-state index contributed by atoms with van der Waals surface area (Å²) in [5.41, 5.74) is 4.22. The number of carbonyl (C=O) groups excluding carboxylic acids is 2. The summed E-state index contributed by atoms with van der Waals surface area (Å²) in [7, 11) is 0. The van der Waals surface area contributed by atoms with E-state index < -0.39 is 0 Å². The highest BCUT2D eigenvalue weighted by atomic mass is 16.1. The van der Waals surface area contributed by atoms with Gasteiger partial charge in [-0.2, -0.15) is 4.99 Å². The molecule has 4 heteroatoms. The number of aliphatic imine (C=N–C) groups is 2. The van der Waals surface area contributed by atoms with Crippen molar-refractivity contribution >= 4 is 17.8 Å². The lowest BCUT2D eigenvalue weighted by Crippen LogP contribution is -2.18.